The van der Waals surface area contributed by atoms with Crippen molar-refractivity contribution in [2.24, 2.45) is 0 Å². The summed E-state index contributed by atoms with van der Waals surface area (Å²) in [5.41, 5.74) is 4.21. The van der Waals surface area contributed by atoms with Crippen LogP contribution in [0.15, 0.2) is 54.6 Å². The van der Waals surface area contributed by atoms with Gasteiger partial charge in [-0.1, -0.05) is 50.2 Å². The number of hydrogen-bond acceptors (Lipinski definition) is 4. The number of pyridine rings is 1. The van der Waals surface area contributed by atoms with E-state index in [2.05, 4.69) is 79.1 Å². The number of nitrogens with zero attached hydrogens (tertiary/aromatic N) is 2. The van der Waals surface area contributed by atoms with Crippen molar-refractivity contribution >= 4 is 34.1 Å². The number of benzene rings is 2. The van der Waals surface area contributed by atoms with Crippen molar-refractivity contribution in [3.05, 3.63) is 60.2 Å². The summed E-state index contributed by atoms with van der Waals surface area (Å²) in [4.78, 5) is 19.6. The van der Waals surface area contributed by atoms with E-state index in [4.69, 9.17) is 4.98 Å². The Balaban J connectivity index is 1.33. The molecule has 174 valence electrons. The van der Waals surface area contributed by atoms with Crippen LogP contribution >= 0.6 is 0 Å². The van der Waals surface area contributed by atoms with Gasteiger partial charge in [0.05, 0.1) is 5.52 Å². The molecule has 1 saturated carbocycles. The highest BCUT2D eigenvalue weighted by Gasteiger charge is 2.23. The number of anilines is 3. The zero-order chi connectivity index (χ0) is 23.4. The Morgan fingerprint density at radius 3 is 2.36 bits per heavy atom. The third-order valence-electron chi connectivity index (χ3n) is 6.42. The van der Waals surface area contributed by atoms with Crippen LogP contribution in [0.4, 0.5) is 22.0 Å². The molecule has 1 aliphatic rings. The molecule has 2 amide bonds. The minimum atomic E-state index is -0.119. The Bertz CT molecular complexity index is 1100. The minimum absolute atomic E-state index is 0.119. The Hall–Kier alpha value is -3.28. The number of aromatic nitrogens is 1. The second-order valence-electron chi connectivity index (χ2n) is 9.47. The van der Waals surface area contributed by atoms with Gasteiger partial charge < -0.3 is 20.9 Å². The maximum Gasteiger partial charge on any atom is 0.319 e. The Kier molecular flexibility index (Phi) is 7.02. The first-order chi connectivity index (χ1) is 15.9. The molecular weight excluding hydrogens is 410 g/mol. The molecule has 0 saturated heterocycles. The molecular formula is C27H35N5O. The van der Waals surface area contributed by atoms with E-state index in [0.717, 1.165) is 59.3 Å². The average Bonchev–Trinajstić information content (AvgIpc) is 2.80. The molecule has 1 aromatic heterocycles. The highest BCUT2D eigenvalue weighted by Crippen LogP contribution is 2.29. The van der Waals surface area contributed by atoms with Gasteiger partial charge in [0, 0.05) is 49.0 Å². The number of carbonyl (C=O) groups excluding carboxylic acids is 1. The van der Waals surface area contributed by atoms with E-state index >= 15 is 0 Å². The lowest BCUT2D eigenvalue weighted by molar-refractivity contribution is 0.243. The van der Waals surface area contributed by atoms with Crippen LogP contribution in [0.2, 0.25) is 0 Å². The summed E-state index contributed by atoms with van der Waals surface area (Å²) in [6.07, 6.45) is 3.90. The summed E-state index contributed by atoms with van der Waals surface area (Å²) in [5.74, 6) is 1.27. The molecule has 6 heteroatoms. The van der Waals surface area contributed by atoms with Crippen molar-refractivity contribution in [3.8, 4) is 0 Å². The van der Waals surface area contributed by atoms with Gasteiger partial charge in [0.25, 0.3) is 0 Å². The second-order valence-corrected chi connectivity index (χ2v) is 9.47. The lowest BCUT2D eigenvalue weighted by Gasteiger charge is -2.30. The summed E-state index contributed by atoms with van der Waals surface area (Å²) in [6, 6.07) is 18.8. The molecule has 33 heavy (non-hydrogen) atoms. The quantitative estimate of drug-likeness (QED) is 0.437. The number of urea groups is 1. The van der Waals surface area contributed by atoms with E-state index < -0.39 is 0 Å². The van der Waals surface area contributed by atoms with Crippen LogP contribution in [-0.2, 0) is 0 Å². The highest BCUT2D eigenvalue weighted by molar-refractivity contribution is 5.93. The Morgan fingerprint density at radius 2 is 1.64 bits per heavy atom. The molecule has 0 atom stereocenters. The lowest BCUT2D eigenvalue weighted by Crippen LogP contribution is -2.42. The van der Waals surface area contributed by atoms with Crippen LogP contribution < -0.4 is 20.9 Å². The van der Waals surface area contributed by atoms with Crippen molar-refractivity contribution in [1.82, 2.24) is 10.3 Å². The summed E-state index contributed by atoms with van der Waals surface area (Å²) in [5, 5.41) is 11.0. The van der Waals surface area contributed by atoms with Gasteiger partial charge in [0.15, 0.2) is 0 Å². The first-order valence-electron chi connectivity index (χ1n) is 11.9. The maximum atomic E-state index is 12.6. The number of carbonyl (C=O) groups is 1. The van der Waals surface area contributed by atoms with Gasteiger partial charge in [-0.3, -0.25) is 0 Å². The van der Waals surface area contributed by atoms with Crippen molar-refractivity contribution < 1.29 is 4.79 Å². The molecule has 0 unspecified atom stereocenters. The fourth-order valence-corrected chi connectivity index (χ4v) is 4.65. The number of nitrogens with one attached hydrogen (secondary N) is 3. The molecule has 1 aliphatic carbocycles. The normalized spacial score (nSPS) is 18.2. The predicted molar refractivity (Wildman–Crippen MR) is 138 cm³/mol. The van der Waals surface area contributed by atoms with Crippen molar-refractivity contribution in [1.29, 1.82) is 0 Å². The summed E-state index contributed by atoms with van der Waals surface area (Å²) < 4.78 is 0. The van der Waals surface area contributed by atoms with Gasteiger partial charge in [0.1, 0.15) is 5.82 Å². The van der Waals surface area contributed by atoms with Crippen LogP contribution in [0.25, 0.3) is 10.9 Å². The molecule has 6 nitrogen and oxygen atoms in total. The van der Waals surface area contributed by atoms with E-state index in [-0.39, 0.29) is 12.1 Å². The van der Waals surface area contributed by atoms with Gasteiger partial charge in [0.2, 0.25) is 0 Å². The molecule has 0 spiro atoms. The number of hydrogen-bond donors (Lipinski definition) is 3. The number of fused-ring (bicyclic) bond motifs is 1. The fraction of sp³-hybridized carbons (Fsp3) is 0.407. The van der Waals surface area contributed by atoms with E-state index in [1.54, 1.807) is 0 Å². The van der Waals surface area contributed by atoms with Crippen molar-refractivity contribution in [2.75, 3.05) is 29.6 Å². The first-order valence-corrected chi connectivity index (χ1v) is 11.9. The molecule has 3 aromatic rings. The van der Waals surface area contributed by atoms with Gasteiger partial charge in [-0.2, -0.15) is 0 Å². The Labute approximate surface area is 196 Å². The van der Waals surface area contributed by atoms with E-state index in [1.165, 1.54) is 0 Å². The van der Waals surface area contributed by atoms with E-state index in [0.29, 0.717) is 12.0 Å². The number of rotatable bonds is 6. The van der Waals surface area contributed by atoms with Gasteiger partial charge in [-0.05, 0) is 49.3 Å². The largest absolute Gasteiger partial charge is 0.377 e. The monoisotopic (exact) mass is 445 g/mol. The second kappa shape index (κ2) is 10.1. The van der Waals surface area contributed by atoms with E-state index in [1.807, 2.05) is 24.3 Å². The summed E-state index contributed by atoms with van der Waals surface area (Å²) >= 11 is 0. The first kappa shape index (κ1) is 22.9. The maximum absolute atomic E-state index is 12.6. The zero-order valence-electron chi connectivity index (χ0n) is 20.1. The third-order valence-corrected chi connectivity index (χ3v) is 6.42. The van der Waals surface area contributed by atoms with Crippen LogP contribution in [-0.4, -0.2) is 37.2 Å². The Morgan fingerprint density at radius 1 is 0.970 bits per heavy atom. The average molecular weight is 446 g/mol. The van der Waals surface area contributed by atoms with Crippen molar-refractivity contribution in [2.45, 2.75) is 57.5 Å². The molecule has 0 radical (unpaired) electrons. The minimum Gasteiger partial charge on any atom is -0.377 e. The SMILES string of the molecule is CC(C)c1ccccc1NC(=O)N[C@H]1CC[C@@H](Nc2cc(N(C)C)c3ccccc3n2)CC1. The number of para-hydroxylation sites is 2. The van der Waals surface area contributed by atoms with Gasteiger partial charge in [-0.15, -0.1) is 0 Å². The third kappa shape index (κ3) is 5.56. The summed E-state index contributed by atoms with van der Waals surface area (Å²) in [7, 11) is 4.13. The molecule has 1 fully saturated rings. The van der Waals surface area contributed by atoms with Crippen LogP contribution in [0, 0.1) is 0 Å². The molecule has 3 N–H and O–H groups in total. The zero-order valence-corrected chi connectivity index (χ0v) is 20.1. The van der Waals surface area contributed by atoms with Crippen LogP contribution in [0.5, 0.6) is 0 Å². The van der Waals surface area contributed by atoms with E-state index in [9.17, 15) is 4.79 Å². The lowest BCUT2D eigenvalue weighted by atomic mass is 9.91. The summed E-state index contributed by atoms with van der Waals surface area (Å²) in [6.45, 7) is 4.27. The van der Waals surface area contributed by atoms with Crippen LogP contribution in [0.1, 0.15) is 51.0 Å². The van der Waals surface area contributed by atoms with Crippen molar-refractivity contribution in [3.63, 3.8) is 0 Å². The molecule has 4 rings (SSSR count). The molecule has 0 bridgehead atoms. The molecule has 0 aliphatic heterocycles. The van der Waals surface area contributed by atoms with Gasteiger partial charge in [-0.25, -0.2) is 9.78 Å². The predicted octanol–water partition coefficient (Wildman–Crippen LogP) is 5.97. The number of amides is 2. The smallest absolute Gasteiger partial charge is 0.319 e. The fourth-order valence-electron chi connectivity index (χ4n) is 4.65. The molecule has 1 heterocycles. The van der Waals surface area contributed by atoms with Gasteiger partial charge >= 0.3 is 6.03 Å². The highest BCUT2D eigenvalue weighted by atomic mass is 16.2. The standard InChI is InChI=1S/C27H35N5O/c1-18(2)21-9-5-7-11-23(21)31-27(33)29-20-15-13-19(14-16-20)28-26-17-25(32(3)4)22-10-6-8-12-24(22)30-26/h5-12,17-20H,13-16H2,1-4H3,(H,28,30)(H2,29,31,33)/t19-,20+. The van der Waals surface area contributed by atoms with Crippen LogP contribution in [0.3, 0.4) is 0 Å². The topological polar surface area (TPSA) is 69.3 Å². The molecule has 2 aromatic carbocycles.